The molecule has 0 aromatic rings. The first kappa shape index (κ1) is 22.6. The highest BCUT2D eigenvalue weighted by Gasteiger charge is 2.42. The molecular weight excluding hydrogens is 308 g/mol. The minimum atomic E-state index is -1.05. The molecule has 0 amide bonds. The maximum Gasteiger partial charge on any atom is 0.333 e. The molecule has 0 bridgehead atoms. The van der Waals surface area contributed by atoms with Crippen LogP contribution in [0.5, 0.6) is 0 Å². The van der Waals surface area contributed by atoms with Gasteiger partial charge >= 0.3 is 11.9 Å². The Kier molecular flexibility index (Phi) is 8.69. The number of hydrogen-bond acceptors (Lipinski definition) is 5. The molecule has 2 unspecified atom stereocenters. The molecule has 0 radical (unpaired) electrons. The second kappa shape index (κ2) is 9.21. The lowest BCUT2D eigenvalue weighted by molar-refractivity contribution is -0.164. The lowest BCUT2D eigenvalue weighted by atomic mass is 9.67. The van der Waals surface area contributed by atoms with E-state index in [0.717, 1.165) is 6.42 Å². The van der Waals surface area contributed by atoms with Gasteiger partial charge in [-0.25, -0.2) is 4.79 Å². The first-order valence-electron chi connectivity index (χ1n) is 8.53. The fourth-order valence-corrected chi connectivity index (χ4v) is 2.31. The molecule has 0 aliphatic carbocycles. The number of ether oxygens (including phenoxy) is 2. The van der Waals surface area contributed by atoms with Crippen LogP contribution in [0.1, 0.15) is 61.3 Å². The minimum absolute atomic E-state index is 0.0215. The van der Waals surface area contributed by atoms with Crippen LogP contribution >= 0.6 is 0 Å². The molecule has 0 rings (SSSR count). The summed E-state index contributed by atoms with van der Waals surface area (Å²) in [5.41, 5.74) is -0.352. The van der Waals surface area contributed by atoms with E-state index < -0.39 is 17.5 Å². The van der Waals surface area contributed by atoms with Crippen molar-refractivity contribution in [2.45, 2.75) is 67.4 Å². The van der Waals surface area contributed by atoms with Crippen molar-refractivity contribution in [2.75, 3.05) is 13.2 Å². The van der Waals surface area contributed by atoms with Gasteiger partial charge in [-0.05, 0) is 31.6 Å². The predicted molar refractivity (Wildman–Crippen MR) is 94.4 cm³/mol. The zero-order chi connectivity index (χ0) is 19.1. The largest absolute Gasteiger partial charge is 0.462 e. The summed E-state index contributed by atoms with van der Waals surface area (Å²) < 4.78 is 10.2. The van der Waals surface area contributed by atoms with E-state index in [0.29, 0.717) is 6.42 Å². The van der Waals surface area contributed by atoms with Crippen molar-refractivity contribution in [2.24, 2.45) is 16.7 Å². The number of carbonyl (C=O) groups excluding carboxylic acids is 2. The number of carbonyl (C=O) groups is 2. The van der Waals surface area contributed by atoms with Gasteiger partial charge in [-0.2, -0.15) is 0 Å². The average molecular weight is 342 g/mol. The van der Waals surface area contributed by atoms with E-state index in [4.69, 9.17) is 9.47 Å². The lowest BCUT2D eigenvalue weighted by Gasteiger charge is -2.38. The molecule has 0 saturated carbocycles. The van der Waals surface area contributed by atoms with E-state index in [1.165, 1.54) is 6.92 Å². The normalized spacial score (nSPS) is 15.5. The Labute approximate surface area is 146 Å². The predicted octanol–water partition coefficient (Wildman–Crippen LogP) is 3.50. The van der Waals surface area contributed by atoms with Crippen LogP contribution < -0.4 is 0 Å². The maximum absolute atomic E-state index is 12.6. The van der Waals surface area contributed by atoms with Gasteiger partial charge < -0.3 is 14.6 Å². The molecule has 0 aromatic carbocycles. The molecule has 0 fully saturated rings. The van der Waals surface area contributed by atoms with Crippen molar-refractivity contribution < 1.29 is 24.2 Å². The lowest BCUT2D eigenvalue weighted by Crippen LogP contribution is -2.40. The smallest absolute Gasteiger partial charge is 0.333 e. The third kappa shape index (κ3) is 7.04. The molecule has 0 heterocycles. The zero-order valence-electron chi connectivity index (χ0n) is 16.3. The van der Waals surface area contributed by atoms with Gasteiger partial charge in [0.1, 0.15) is 19.3 Å². The van der Waals surface area contributed by atoms with Gasteiger partial charge in [0.25, 0.3) is 0 Å². The van der Waals surface area contributed by atoms with Crippen molar-refractivity contribution >= 4 is 11.9 Å². The van der Waals surface area contributed by atoms with E-state index in [2.05, 4.69) is 27.4 Å². The standard InChI is InChI=1S/C19H34O5/c1-9-18(6,7)12-19(8,14(4)5)17(22)24-11-15(20)10-23-16(21)13(2)3/h14-15,20H,2,9-12H2,1,3-8H3. The third-order valence-corrected chi connectivity index (χ3v) is 4.71. The fraction of sp³-hybridized carbons (Fsp3) is 0.789. The zero-order valence-corrected chi connectivity index (χ0v) is 16.3. The number of aliphatic hydroxyl groups is 1. The Morgan fingerprint density at radius 2 is 1.62 bits per heavy atom. The summed E-state index contributed by atoms with van der Waals surface area (Å²) in [7, 11) is 0. The van der Waals surface area contributed by atoms with Crippen LogP contribution in [0.3, 0.4) is 0 Å². The summed E-state index contributed by atoms with van der Waals surface area (Å²) >= 11 is 0. The van der Waals surface area contributed by atoms with Crippen molar-refractivity contribution in [1.82, 2.24) is 0 Å². The Hall–Kier alpha value is -1.36. The topological polar surface area (TPSA) is 72.8 Å². The van der Waals surface area contributed by atoms with Crippen LogP contribution in [0.15, 0.2) is 12.2 Å². The number of hydrogen-bond donors (Lipinski definition) is 1. The molecule has 0 saturated heterocycles. The molecule has 0 aliphatic heterocycles. The second-order valence-electron chi connectivity index (χ2n) is 7.90. The quantitative estimate of drug-likeness (QED) is 0.486. The van der Waals surface area contributed by atoms with Crippen molar-refractivity contribution in [3.63, 3.8) is 0 Å². The monoisotopic (exact) mass is 342 g/mol. The van der Waals surface area contributed by atoms with E-state index in [1.807, 2.05) is 20.8 Å². The fourth-order valence-electron chi connectivity index (χ4n) is 2.31. The van der Waals surface area contributed by atoms with Crippen LogP contribution in [0.4, 0.5) is 0 Å². The molecular formula is C19H34O5. The Balaban J connectivity index is 4.69. The summed E-state index contributed by atoms with van der Waals surface area (Å²) in [4.78, 5) is 23.9. The molecule has 2 atom stereocenters. The maximum atomic E-state index is 12.6. The molecule has 24 heavy (non-hydrogen) atoms. The second-order valence-corrected chi connectivity index (χ2v) is 7.90. The van der Waals surface area contributed by atoms with Gasteiger partial charge in [0.15, 0.2) is 0 Å². The average Bonchev–Trinajstić information content (AvgIpc) is 2.49. The van der Waals surface area contributed by atoms with Crippen LogP contribution in [0.2, 0.25) is 0 Å². The van der Waals surface area contributed by atoms with Crippen LogP contribution in [0.25, 0.3) is 0 Å². The third-order valence-electron chi connectivity index (χ3n) is 4.71. The number of aliphatic hydroxyl groups excluding tert-OH is 1. The number of esters is 2. The van der Waals surface area contributed by atoms with Crippen LogP contribution in [0, 0.1) is 16.7 Å². The molecule has 5 nitrogen and oxygen atoms in total. The first-order chi connectivity index (χ1) is 10.9. The summed E-state index contributed by atoms with van der Waals surface area (Å²) in [6.07, 6.45) is 0.614. The molecule has 5 heteroatoms. The highest BCUT2D eigenvalue weighted by Crippen LogP contribution is 2.42. The molecule has 1 N–H and O–H groups in total. The summed E-state index contributed by atoms with van der Waals surface area (Å²) in [5, 5.41) is 9.83. The van der Waals surface area contributed by atoms with Crippen molar-refractivity contribution in [3.05, 3.63) is 12.2 Å². The summed E-state index contributed by atoms with van der Waals surface area (Å²) in [6.45, 7) is 16.8. The molecule has 0 aliphatic rings. The minimum Gasteiger partial charge on any atom is -0.462 e. The SMILES string of the molecule is C=C(C)C(=O)OCC(O)COC(=O)C(C)(CC(C)(C)CC)C(C)C. The molecule has 0 spiro atoms. The van der Waals surface area contributed by atoms with E-state index in [9.17, 15) is 14.7 Å². The van der Waals surface area contributed by atoms with Gasteiger partial charge in [-0.15, -0.1) is 0 Å². The van der Waals surface area contributed by atoms with Gasteiger partial charge in [-0.3, -0.25) is 4.79 Å². The Morgan fingerprint density at radius 3 is 2.04 bits per heavy atom. The van der Waals surface area contributed by atoms with E-state index in [1.54, 1.807) is 0 Å². The molecule has 0 aromatic heterocycles. The van der Waals surface area contributed by atoms with E-state index >= 15 is 0 Å². The number of rotatable bonds is 10. The Bertz CT molecular complexity index is 453. The highest BCUT2D eigenvalue weighted by atomic mass is 16.6. The first-order valence-corrected chi connectivity index (χ1v) is 8.53. The Morgan fingerprint density at radius 1 is 1.12 bits per heavy atom. The van der Waals surface area contributed by atoms with Gasteiger partial charge in [-0.1, -0.05) is 47.6 Å². The van der Waals surface area contributed by atoms with Crippen molar-refractivity contribution in [3.8, 4) is 0 Å². The van der Waals surface area contributed by atoms with Crippen LogP contribution in [-0.2, 0) is 19.1 Å². The summed E-state index contributed by atoms with van der Waals surface area (Å²) in [6, 6.07) is 0. The van der Waals surface area contributed by atoms with Crippen molar-refractivity contribution in [1.29, 1.82) is 0 Å². The highest BCUT2D eigenvalue weighted by molar-refractivity contribution is 5.86. The summed E-state index contributed by atoms with van der Waals surface area (Å²) in [5.74, 6) is -0.796. The van der Waals surface area contributed by atoms with E-state index in [-0.39, 0.29) is 36.1 Å². The molecule has 140 valence electrons. The van der Waals surface area contributed by atoms with Gasteiger partial charge in [0, 0.05) is 5.57 Å². The van der Waals surface area contributed by atoms with Gasteiger partial charge in [0.2, 0.25) is 0 Å². The van der Waals surface area contributed by atoms with Gasteiger partial charge in [0.05, 0.1) is 5.41 Å². The van der Waals surface area contributed by atoms with Crippen LogP contribution in [-0.4, -0.2) is 36.4 Å².